The summed E-state index contributed by atoms with van der Waals surface area (Å²) < 4.78 is 4.77. The van der Waals surface area contributed by atoms with Gasteiger partial charge in [0.25, 0.3) is 0 Å². The Morgan fingerprint density at radius 3 is 2.75 bits per heavy atom. The van der Waals surface area contributed by atoms with Crippen molar-refractivity contribution in [2.75, 3.05) is 19.8 Å². The third-order valence-corrected chi connectivity index (χ3v) is 0.625. The van der Waals surface area contributed by atoms with Gasteiger partial charge in [-0.25, -0.2) is 0 Å². The molecule has 0 heterocycles. The molecule has 0 saturated carbocycles. The Morgan fingerprint density at radius 2 is 2.38 bits per heavy atom. The van der Waals surface area contributed by atoms with E-state index in [1.807, 2.05) is 0 Å². The molecule has 48 valence electrons. The van der Waals surface area contributed by atoms with Gasteiger partial charge in [0.1, 0.15) is 12.4 Å². The van der Waals surface area contributed by atoms with Crippen molar-refractivity contribution in [3.63, 3.8) is 0 Å². The Balaban J connectivity index is 2.99. The number of hydrogen-bond donors (Lipinski definition) is 2. The van der Waals surface area contributed by atoms with Gasteiger partial charge in [-0.2, -0.15) is 0 Å². The number of hydrogen-bond acceptors (Lipinski definition) is 3. The highest BCUT2D eigenvalue weighted by molar-refractivity contribution is 4.82. The molecular formula is C5H11NO2. The molecule has 0 saturated heterocycles. The molecule has 0 aromatic carbocycles. The van der Waals surface area contributed by atoms with Gasteiger partial charge in [-0.1, -0.05) is 6.58 Å². The molecule has 0 unspecified atom stereocenters. The molecule has 0 radical (unpaired) electrons. The number of nitrogens with two attached hydrogens (primary N) is 1. The van der Waals surface area contributed by atoms with Crippen LogP contribution in [0.5, 0.6) is 0 Å². The van der Waals surface area contributed by atoms with Crippen molar-refractivity contribution in [1.82, 2.24) is 0 Å². The van der Waals surface area contributed by atoms with Crippen molar-refractivity contribution in [1.29, 1.82) is 0 Å². The summed E-state index contributed by atoms with van der Waals surface area (Å²) in [7, 11) is 0. The van der Waals surface area contributed by atoms with Crippen LogP contribution in [0.3, 0.4) is 0 Å². The second kappa shape index (κ2) is 4.61. The zero-order chi connectivity index (χ0) is 6.41. The lowest BCUT2D eigenvalue weighted by Gasteiger charge is -2.02. The maximum atomic E-state index is 8.20. The van der Waals surface area contributed by atoms with E-state index in [-0.39, 0.29) is 13.2 Å². The van der Waals surface area contributed by atoms with Crippen LogP contribution in [0.25, 0.3) is 0 Å². The van der Waals surface area contributed by atoms with Crippen molar-refractivity contribution in [2.24, 2.45) is 5.73 Å². The van der Waals surface area contributed by atoms with Gasteiger partial charge >= 0.3 is 0 Å². The van der Waals surface area contributed by atoms with Crippen LogP contribution in [0.4, 0.5) is 0 Å². The minimum Gasteiger partial charge on any atom is -0.495 e. The first kappa shape index (κ1) is 7.46. The third-order valence-electron chi connectivity index (χ3n) is 0.625. The standard InChI is InChI=1S/C5H11NO2/c1-5(4-6)8-3-2-7/h7H,1-4,6H2. The topological polar surface area (TPSA) is 55.5 Å². The van der Waals surface area contributed by atoms with Crippen molar-refractivity contribution in [3.8, 4) is 0 Å². The van der Waals surface area contributed by atoms with E-state index in [9.17, 15) is 0 Å². The molecule has 0 bridgehead atoms. The van der Waals surface area contributed by atoms with Crippen molar-refractivity contribution >= 4 is 0 Å². The van der Waals surface area contributed by atoms with Crippen molar-refractivity contribution in [2.45, 2.75) is 0 Å². The first-order valence-corrected chi connectivity index (χ1v) is 2.42. The summed E-state index contributed by atoms with van der Waals surface area (Å²) in [6, 6.07) is 0. The van der Waals surface area contributed by atoms with Crippen LogP contribution in [-0.2, 0) is 4.74 Å². The molecular weight excluding hydrogens is 106 g/mol. The minimum atomic E-state index is 0.0129. The highest BCUT2D eigenvalue weighted by Crippen LogP contribution is 1.86. The maximum absolute atomic E-state index is 8.20. The van der Waals surface area contributed by atoms with Crippen molar-refractivity contribution in [3.05, 3.63) is 12.3 Å². The molecule has 0 aliphatic carbocycles. The summed E-state index contributed by atoms with van der Waals surface area (Å²) in [5.41, 5.74) is 5.11. The zero-order valence-corrected chi connectivity index (χ0v) is 4.76. The minimum absolute atomic E-state index is 0.0129. The molecule has 8 heavy (non-hydrogen) atoms. The molecule has 0 aromatic rings. The van der Waals surface area contributed by atoms with Crippen LogP contribution in [0.1, 0.15) is 0 Å². The van der Waals surface area contributed by atoms with Gasteiger partial charge in [-0.3, -0.25) is 0 Å². The van der Waals surface area contributed by atoms with Gasteiger partial charge in [0.2, 0.25) is 0 Å². The fourth-order valence-corrected chi connectivity index (χ4v) is 0.249. The highest BCUT2D eigenvalue weighted by Gasteiger charge is 1.86. The highest BCUT2D eigenvalue weighted by atomic mass is 16.5. The number of rotatable bonds is 4. The SMILES string of the molecule is C=C(CN)OCCO. The van der Waals surface area contributed by atoms with Crippen LogP contribution in [-0.4, -0.2) is 24.9 Å². The first-order valence-electron chi connectivity index (χ1n) is 2.42. The van der Waals surface area contributed by atoms with E-state index in [0.29, 0.717) is 12.3 Å². The summed E-state index contributed by atoms with van der Waals surface area (Å²) in [6.45, 7) is 4.07. The van der Waals surface area contributed by atoms with Gasteiger partial charge in [-0.15, -0.1) is 0 Å². The lowest BCUT2D eigenvalue weighted by molar-refractivity contribution is 0.144. The number of aliphatic hydroxyl groups is 1. The Bertz CT molecular complexity index is 72.8. The molecule has 0 spiro atoms. The average Bonchev–Trinajstić information content (AvgIpc) is 1.83. The van der Waals surface area contributed by atoms with Gasteiger partial charge < -0.3 is 15.6 Å². The van der Waals surface area contributed by atoms with Gasteiger partial charge in [0.15, 0.2) is 0 Å². The van der Waals surface area contributed by atoms with E-state index in [0.717, 1.165) is 0 Å². The lowest BCUT2D eigenvalue weighted by atomic mass is 10.6. The van der Waals surface area contributed by atoms with E-state index < -0.39 is 0 Å². The van der Waals surface area contributed by atoms with Gasteiger partial charge in [0.05, 0.1) is 13.2 Å². The Labute approximate surface area is 48.8 Å². The second-order valence-corrected chi connectivity index (χ2v) is 1.31. The molecule has 0 atom stereocenters. The van der Waals surface area contributed by atoms with Crippen LogP contribution in [0, 0.1) is 0 Å². The van der Waals surface area contributed by atoms with Crippen LogP contribution >= 0.6 is 0 Å². The molecule has 0 aromatic heterocycles. The molecule has 0 fully saturated rings. The fourth-order valence-electron chi connectivity index (χ4n) is 0.249. The summed E-state index contributed by atoms with van der Waals surface area (Å²) in [5.74, 6) is 0.513. The third kappa shape index (κ3) is 3.64. The van der Waals surface area contributed by atoms with Gasteiger partial charge in [0, 0.05) is 0 Å². The molecule has 3 heteroatoms. The smallest absolute Gasteiger partial charge is 0.111 e. The predicted octanol–water partition coefficient (Wildman–Crippen LogP) is -0.532. The van der Waals surface area contributed by atoms with E-state index in [2.05, 4.69) is 6.58 Å². The summed E-state index contributed by atoms with van der Waals surface area (Å²) in [6.07, 6.45) is 0. The average molecular weight is 117 g/mol. The van der Waals surface area contributed by atoms with E-state index in [1.54, 1.807) is 0 Å². The Morgan fingerprint density at radius 1 is 1.75 bits per heavy atom. The monoisotopic (exact) mass is 117 g/mol. The van der Waals surface area contributed by atoms with E-state index in [4.69, 9.17) is 15.6 Å². The zero-order valence-electron chi connectivity index (χ0n) is 4.76. The fraction of sp³-hybridized carbons (Fsp3) is 0.600. The van der Waals surface area contributed by atoms with Crippen LogP contribution in [0.15, 0.2) is 12.3 Å². The quantitative estimate of drug-likeness (QED) is 0.486. The maximum Gasteiger partial charge on any atom is 0.111 e. The molecule has 0 aliphatic heterocycles. The summed E-state index contributed by atoms with van der Waals surface area (Å²) >= 11 is 0. The van der Waals surface area contributed by atoms with Crippen molar-refractivity contribution < 1.29 is 9.84 Å². The largest absolute Gasteiger partial charge is 0.495 e. The Kier molecular flexibility index (Phi) is 4.30. The summed E-state index contributed by atoms with van der Waals surface area (Å²) in [5, 5.41) is 8.20. The molecule has 0 aliphatic rings. The molecule has 3 N–H and O–H groups in total. The normalized spacial score (nSPS) is 8.75. The number of aliphatic hydroxyl groups excluding tert-OH is 1. The van der Waals surface area contributed by atoms with E-state index in [1.165, 1.54) is 0 Å². The summed E-state index contributed by atoms with van der Waals surface area (Å²) in [4.78, 5) is 0. The second-order valence-electron chi connectivity index (χ2n) is 1.31. The van der Waals surface area contributed by atoms with E-state index >= 15 is 0 Å². The molecule has 3 nitrogen and oxygen atoms in total. The predicted molar refractivity (Wildman–Crippen MR) is 31.2 cm³/mol. The Hall–Kier alpha value is -0.540. The van der Waals surface area contributed by atoms with Gasteiger partial charge in [-0.05, 0) is 0 Å². The molecule has 0 rings (SSSR count). The lowest BCUT2D eigenvalue weighted by Crippen LogP contribution is -2.07. The number of ether oxygens (including phenoxy) is 1. The van der Waals surface area contributed by atoms with Crippen LogP contribution in [0.2, 0.25) is 0 Å². The molecule has 0 amide bonds. The van der Waals surface area contributed by atoms with Crippen LogP contribution < -0.4 is 5.73 Å². The first-order chi connectivity index (χ1) is 3.81.